The van der Waals surface area contributed by atoms with E-state index in [4.69, 9.17) is 0 Å². The number of tetrazole rings is 1. The van der Waals surface area contributed by atoms with Gasteiger partial charge in [0.2, 0.25) is 5.95 Å². The molecule has 0 amide bonds. The molecule has 0 radical (unpaired) electrons. The molecule has 11 nitrogen and oxygen atoms in total. The average molecular weight is 467 g/mol. The van der Waals surface area contributed by atoms with Crippen molar-refractivity contribution in [2.24, 2.45) is 0 Å². The summed E-state index contributed by atoms with van der Waals surface area (Å²) in [5, 5.41) is 32.5. The molecule has 0 aliphatic carbocycles. The van der Waals surface area contributed by atoms with Gasteiger partial charge >= 0.3 is 0 Å². The molecule has 0 saturated heterocycles. The lowest BCUT2D eigenvalue weighted by Gasteiger charge is -2.27. The molecule has 5 rings (SSSR count). The number of H-pyrrole nitrogens is 1. The van der Waals surface area contributed by atoms with Crippen molar-refractivity contribution in [1.82, 2.24) is 30.4 Å². The largest absolute Gasteiger partial charge is 0.318 e. The van der Waals surface area contributed by atoms with Gasteiger partial charge in [-0.2, -0.15) is 9.78 Å². The van der Waals surface area contributed by atoms with E-state index >= 15 is 0 Å². The summed E-state index contributed by atoms with van der Waals surface area (Å²) in [7, 11) is 0. The van der Waals surface area contributed by atoms with Crippen LogP contribution in [0.1, 0.15) is 17.2 Å². The number of nitro groups is 1. The minimum absolute atomic E-state index is 0.0403. The fraction of sp³-hybridized carbons (Fsp3) is 0.0556. The van der Waals surface area contributed by atoms with E-state index in [9.17, 15) is 14.9 Å². The standard InChI is InChI=1S/C18H11BrN8O3/c19-11-3-1-2-10(8-11)16-13-14(9-4-6-12(7-5-9)27(29)30)21-22-17(28)15(13)20-18-23-24-25-26(16)18/h1-8,16H,(H,22,28)(H,20,23,25)/t16-/m0/s1. The summed E-state index contributed by atoms with van der Waals surface area (Å²) in [6, 6.07) is 13.0. The van der Waals surface area contributed by atoms with E-state index in [1.807, 2.05) is 24.3 Å². The SMILES string of the molecule is O=c1[nH]nc(-c2ccc([N+](=O)[O-])cc2)c2c1Nc1nnnn1[C@H]2c1cccc(Br)c1. The van der Waals surface area contributed by atoms with Crippen LogP contribution < -0.4 is 10.9 Å². The van der Waals surface area contributed by atoms with Crippen LogP contribution in [0.15, 0.2) is 57.8 Å². The topological polar surface area (TPSA) is 145 Å². The van der Waals surface area contributed by atoms with Gasteiger partial charge in [0.15, 0.2) is 0 Å². The zero-order valence-electron chi connectivity index (χ0n) is 15.0. The molecule has 148 valence electrons. The first-order valence-corrected chi connectivity index (χ1v) is 9.50. The molecule has 0 bridgehead atoms. The highest BCUT2D eigenvalue weighted by atomic mass is 79.9. The molecule has 1 atom stereocenters. The number of aromatic amines is 1. The second kappa shape index (κ2) is 6.84. The Bertz CT molecular complexity index is 1350. The Morgan fingerprint density at radius 2 is 1.97 bits per heavy atom. The van der Waals surface area contributed by atoms with E-state index in [0.29, 0.717) is 22.8 Å². The Morgan fingerprint density at radius 1 is 1.17 bits per heavy atom. The van der Waals surface area contributed by atoms with E-state index in [0.717, 1.165) is 10.0 Å². The van der Waals surface area contributed by atoms with Crippen molar-refractivity contribution in [3.8, 4) is 11.3 Å². The zero-order chi connectivity index (χ0) is 20.8. The van der Waals surface area contributed by atoms with Crippen LogP contribution in [0.3, 0.4) is 0 Å². The van der Waals surface area contributed by atoms with Gasteiger partial charge in [0.05, 0.1) is 10.6 Å². The molecule has 3 heterocycles. The summed E-state index contributed by atoms with van der Waals surface area (Å²) in [6.45, 7) is 0. The third kappa shape index (κ3) is 2.85. The maximum atomic E-state index is 12.6. The van der Waals surface area contributed by atoms with Crippen molar-refractivity contribution in [2.45, 2.75) is 6.04 Å². The Kier molecular flexibility index (Phi) is 4.13. The number of hydrogen-bond acceptors (Lipinski definition) is 8. The second-order valence-electron chi connectivity index (χ2n) is 6.52. The number of hydrogen-bond donors (Lipinski definition) is 2. The van der Waals surface area contributed by atoms with Gasteiger partial charge in [0.25, 0.3) is 11.2 Å². The predicted molar refractivity (Wildman–Crippen MR) is 109 cm³/mol. The Balaban J connectivity index is 1.78. The molecule has 0 fully saturated rings. The Morgan fingerprint density at radius 3 is 2.70 bits per heavy atom. The maximum absolute atomic E-state index is 12.6. The van der Waals surface area contributed by atoms with Crippen molar-refractivity contribution < 1.29 is 4.92 Å². The number of aromatic nitrogens is 6. The second-order valence-corrected chi connectivity index (χ2v) is 7.44. The van der Waals surface area contributed by atoms with Crippen molar-refractivity contribution >= 4 is 33.3 Å². The van der Waals surface area contributed by atoms with Gasteiger partial charge in [-0.1, -0.05) is 33.2 Å². The number of nitro benzene ring substituents is 1. The number of halogens is 1. The van der Waals surface area contributed by atoms with Crippen LogP contribution in [0.2, 0.25) is 0 Å². The van der Waals surface area contributed by atoms with Crippen LogP contribution in [-0.4, -0.2) is 35.3 Å². The van der Waals surface area contributed by atoms with Gasteiger partial charge in [-0.15, -0.1) is 0 Å². The van der Waals surface area contributed by atoms with Crippen molar-refractivity contribution in [2.75, 3.05) is 5.32 Å². The van der Waals surface area contributed by atoms with Gasteiger partial charge in [0.1, 0.15) is 11.7 Å². The van der Waals surface area contributed by atoms with Gasteiger partial charge in [-0.3, -0.25) is 14.9 Å². The van der Waals surface area contributed by atoms with E-state index in [-0.39, 0.29) is 11.4 Å². The number of fused-ring (bicyclic) bond motifs is 2. The highest BCUT2D eigenvalue weighted by Gasteiger charge is 2.34. The number of nitrogens with zero attached hydrogens (tertiary/aromatic N) is 6. The molecule has 30 heavy (non-hydrogen) atoms. The first-order valence-electron chi connectivity index (χ1n) is 8.70. The highest BCUT2D eigenvalue weighted by Crippen LogP contribution is 2.41. The number of rotatable bonds is 3. The predicted octanol–water partition coefficient (Wildman–Crippen LogP) is 2.79. The monoisotopic (exact) mass is 466 g/mol. The summed E-state index contributed by atoms with van der Waals surface area (Å²) in [5.41, 5.74) is 2.25. The van der Waals surface area contributed by atoms with E-state index < -0.39 is 16.5 Å². The minimum Gasteiger partial charge on any atom is -0.318 e. The number of benzene rings is 2. The van der Waals surface area contributed by atoms with Gasteiger partial charge in [-0.25, -0.2) is 5.10 Å². The quantitative estimate of drug-likeness (QED) is 0.305. The smallest absolute Gasteiger partial charge is 0.288 e. The van der Waals surface area contributed by atoms with Gasteiger partial charge in [0, 0.05) is 27.7 Å². The molecule has 2 aromatic carbocycles. The van der Waals surface area contributed by atoms with E-state index in [1.165, 1.54) is 12.1 Å². The molecule has 2 N–H and O–H groups in total. The Hall–Kier alpha value is -3.93. The molecule has 2 aromatic heterocycles. The molecule has 0 saturated carbocycles. The van der Waals surface area contributed by atoms with Crippen LogP contribution in [-0.2, 0) is 0 Å². The lowest BCUT2D eigenvalue weighted by atomic mass is 9.92. The molecular formula is C18H11BrN8O3. The third-order valence-electron chi connectivity index (χ3n) is 4.78. The highest BCUT2D eigenvalue weighted by molar-refractivity contribution is 9.10. The van der Waals surface area contributed by atoms with Crippen LogP contribution in [0.5, 0.6) is 0 Å². The summed E-state index contributed by atoms with van der Waals surface area (Å²) in [6.07, 6.45) is 0. The number of nitrogens with one attached hydrogen (secondary N) is 2. The van der Waals surface area contributed by atoms with E-state index in [1.54, 1.807) is 16.8 Å². The molecule has 4 aromatic rings. The fourth-order valence-corrected chi connectivity index (χ4v) is 3.90. The first kappa shape index (κ1) is 18.1. The molecular weight excluding hydrogens is 456 g/mol. The molecule has 0 spiro atoms. The lowest BCUT2D eigenvalue weighted by molar-refractivity contribution is -0.384. The average Bonchev–Trinajstić information content (AvgIpc) is 3.21. The summed E-state index contributed by atoms with van der Waals surface area (Å²) in [5.74, 6) is 0.318. The first-order chi connectivity index (χ1) is 14.5. The normalized spacial score (nSPS) is 14.5. The van der Waals surface area contributed by atoms with Gasteiger partial charge in [-0.05, 0) is 40.3 Å². The van der Waals surface area contributed by atoms with Crippen LogP contribution >= 0.6 is 15.9 Å². The molecule has 0 unspecified atom stereocenters. The van der Waals surface area contributed by atoms with Crippen molar-refractivity contribution in [3.63, 3.8) is 0 Å². The zero-order valence-corrected chi connectivity index (χ0v) is 16.6. The van der Waals surface area contributed by atoms with Gasteiger partial charge < -0.3 is 5.32 Å². The fourth-order valence-electron chi connectivity index (χ4n) is 3.48. The van der Waals surface area contributed by atoms with Crippen LogP contribution in [0.4, 0.5) is 17.3 Å². The summed E-state index contributed by atoms with van der Waals surface area (Å²) in [4.78, 5) is 23.1. The molecule has 1 aliphatic rings. The third-order valence-corrected chi connectivity index (χ3v) is 5.28. The van der Waals surface area contributed by atoms with E-state index in [2.05, 4.69) is 47.0 Å². The maximum Gasteiger partial charge on any atom is 0.288 e. The van der Waals surface area contributed by atoms with Crippen LogP contribution in [0, 0.1) is 10.1 Å². The van der Waals surface area contributed by atoms with Crippen molar-refractivity contribution in [1.29, 1.82) is 0 Å². The van der Waals surface area contributed by atoms with Crippen LogP contribution in [0.25, 0.3) is 11.3 Å². The van der Waals surface area contributed by atoms with Crippen molar-refractivity contribution in [3.05, 3.63) is 84.6 Å². The molecule has 12 heteroatoms. The lowest BCUT2D eigenvalue weighted by Crippen LogP contribution is -2.29. The summed E-state index contributed by atoms with van der Waals surface area (Å²) < 4.78 is 2.42. The Labute approximate surface area is 176 Å². The minimum atomic E-state index is -0.538. The summed E-state index contributed by atoms with van der Waals surface area (Å²) >= 11 is 3.47. The number of anilines is 2. The molecule has 1 aliphatic heterocycles. The number of non-ortho nitro benzene ring substituents is 1.